The fourth-order valence-corrected chi connectivity index (χ4v) is 4.12. The van der Waals surface area contributed by atoms with E-state index < -0.39 is 0 Å². The molecule has 0 unspecified atom stereocenters. The number of benzene rings is 3. The highest BCUT2D eigenvalue weighted by atomic mass is 35.5. The molecule has 1 amide bonds. The van der Waals surface area contributed by atoms with Crippen molar-refractivity contribution in [3.63, 3.8) is 0 Å². The number of ether oxygens (including phenoxy) is 2. The van der Waals surface area contributed by atoms with Gasteiger partial charge >= 0.3 is 0 Å². The quantitative estimate of drug-likeness (QED) is 0.292. The number of rotatable bonds is 7. The van der Waals surface area contributed by atoms with E-state index in [9.17, 15) is 4.79 Å². The lowest BCUT2D eigenvalue weighted by atomic mass is 10.0. The van der Waals surface area contributed by atoms with Crippen molar-refractivity contribution in [1.29, 1.82) is 0 Å². The van der Waals surface area contributed by atoms with Gasteiger partial charge in [-0.25, -0.2) is 4.98 Å². The maximum absolute atomic E-state index is 13.6. The van der Waals surface area contributed by atoms with Crippen LogP contribution in [-0.4, -0.2) is 35.3 Å². The van der Waals surface area contributed by atoms with Crippen molar-refractivity contribution in [2.45, 2.75) is 6.54 Å². The van der Waals surface area contributed by atoms with E-state index in [4.69, 9.17) is 26.1 Å². The number of hydrogen-bond acceptors (Lipinski definition) is 5. The van der Waals surface area contributed by atoms with Gasteiger partial charge in [-0.2, -0.15) is 5.10 Å². The Bertz CT molecular complexity index is 1530. The predicted molar refractivity (Wildman–Crippen MR) is 140 cm³/mol. The van der Waals surface area contributed by atoms with Crippen LogP contribution in [0, 0.1) is 0 Å². The summed E-state index contributed by atoms with van der Waals surface area (Å²) in [5.41, 5.74) is 4.85. The molecule has 36 heavy (non-hydrogen) atoms. The average molecular weight is 499 g/mol. The molecule has 0 bridgehead atoms. The molecule has 0 aliphatic carbocycles. The monoisotopic (exact) mass is 498 g/mol. The second-order valence-corrected chi connectivity index (χ2v) is 8.56. The number of methoxy groups -OCH3 is 2. The number of fused-ring (bicyclic) bond motifs is 1. The molecule has 0 aliphatic rings. The SMILES string of the molecule is COc1ccc(-c2[nH]nc3nc(-c4ccc(Cl)cc4)cc(C(=O)NCc4cccc(OC)c4)c23)cc1. The highest BCUT2D eigenvalue weighted by Crippen LogP contribution is 2.32. The van der Waals surface area contributed by atoms with Crippen LogP contribution in [-0.2, 0) is 6.54 Å². The molecule has 5 rings (SSSR count). The van der Waals surface area contributed by atoms with Gasteiger partial charge in [0, 0.05) is 22.7 Å². The molecule has 3 aromatic carbocycles. The standard InChI is InChI=1S/C28H23ClN4O3/c1-35-21-12-8-19(9-13-21)26-25-23(28(34)30-16-17-4-3-5-22(14-17)36-2)15-24(31-27(25)33-32-26)18-6-10-20(29)11-7-18/h3-15H,16H2,1-2H3,(H,30,34)(H,31,32,33). The van der Waals surface area contributed by atoms with Gasteiger partial charge in [-0.15, -0.1) is 0 Å². The summed E-state index contributed by atoms with van der Waals surface area (Å²) in [5, 5.41) is 11.8. The number of pyridine rings is 1. The third kappa shape index (κ3) is 4.74. The molecule has 2 heterocycles. The van der Waals surface area contributed by atoms with Gasteiger partial charge in [0.2, 0.25) is 0 Å². The first-order chi connectivity index (χ1) is 17.6. The van der Waals surface area contributed by atoms with Crippen LogP contribution in [0.15, 0.2) is 78.9 Å². The highest BCUT2D eigenvalue weighted by molar-refractivity contribution is 6.30. The minimum atomic E-state index is -0.239. The van der Waals surface area contributed by atoms with Crippen molar-refractivity contribution >= 4 is 28.5 Å². The van der Waals surface area contributed by atoms with Crippen LogP contribution in [0.4, 0.5) is 0 Å². The number of amides is 1. The molecule has 0 aliphatic heterocycles. The Morgan fingerprint density at radius 1 is 0.917 bits per heavy atom. The zero-order valence-corrected chi connectivity index (χ0v) is 20.5. The van der Waals surface area contributed by atoms with Crippen LogP contribution in [0.3, 0.4) is 0 Å². The van der Waals surface area contributed by atoms with Gasteiger partial charge < -0.3 is 14.8 Å². The van der Waals surface area contributed by atoms with Gasteiger partial charge in [0.25, 0.3) is 5.91 Å². The Balaban J connectivity index is 1.58. The normalized spacial score (nSPS) is 10.9. The van der Waals surface area contributed by atoms with Crippen LogP contribution in [0.1, 0.15) is 15.9 Å². The van der Waals surface area contributed by atoms with E-state index in [1.807, 2.05) is 60.7 Å². The van der Waals surface area contributed by atoms with Gasteiger partial charge in [0.05, 0.1) is 36.6 Å². The third-order valence-corrected chi connectivity index (χ3v) is 6.13. The molecular weight excluding hydrogens is 476 g/mol. The summed E-state index contributed by atoms with van der Waals surface area (Å²) in [6.07, 6.45) is 0. The van der Waals surface area contributed by atoms with Crippen molar-refractivity contribution in [2.24, 2.45) is 0 Å². The Kier molecular flexibility index (Phi) is 6.56. The molecule has 7 nitrogen and oxygen atoms in total. The highest BCUT2D eigenvalue weighted by Gasteiger charge is 2.20. The Morgan fingerprint density at radius 2 is 1.64 bits per heavy atom. The molecule has 2 N–H and O–H groups in total. The molecule has 180 valence electrons. The van der Waals surface area contributed by atoms with Crippen molar-refractivity contribution in [2.75, 3.05) is 14.2 Å². The van der Waals surface area contributed by atoms with E-state index in [1.165, 1.54) is 0 Å². The molecule has 5 aromatic rings. The lowest BCUT2D eigenvalue weighted by Gasteiger charge is -2.11. The topological polar surface area (TPSA) is 89.1 Å². The Hall–Kier alpha value is -4.36. The van der Waals surface area contributed by atoms with Crippen LogP contribution >= 0.6 is 11.6 Å². The fourth-order valence-electron chi connectivity index (χ4n) is 4.00. The summed E-state index contributed by atoms with van der Waals surface area (Å²) in [6, 6.07) is 24.2. The maximum Gasteiger partial charge on any atom is 0.252 e. The first-order valence-corrected chi connectivity index (χ1v) is 11.6. The molecule has 2 aromatic heterocycles. The van der Waals surface area contributed by atoms with Crippen molar-refractivity contribution in [3.05, 3.63) is 95.0 Å². The smallest absolute Gasteiger partial charge is 0.252 e. The second-order valence-electron chi connectivity index (χ2n) is 8.12. The fraction of sp³-hybridized carbons (Fsp3) is 0.107. The summed E-state index contributed by atoms with van der Waals surface area (Å²) >= 11 is 6.07. The van der Waals surface area contributed by atoms with Crippen LogP contribution in [0.5, 0.6) is 11.5 Å². The predicted octanol–water partition coefficient (Wildman–Crippen LogP) is 5.89. The Labute approximate surface area is 213 Å². The zero-order valence-electron chi connectivity index (χ0n) is 19.7. The molecule has 0 radical (unpaired) electrons. The van der Waals surface area contributed by atoms with E-state index in [0.29, 0.717) is 39.6 Å². The van der Waals surface area contributed by atoms with E-state index in [1.54, 1.807) is 32.4 Å². The molecule has 0 spiro atoms. The van der Waals surface area contributed by atoms with Crippen LogP contribution < -0.4 is 14.8 Å². The van der Waals surface area contributed by atoms with Gasteiger partial charge in [-0.1, -0.05) is 35.9 Å². The number of nitrogens with zero attached hydrogens (tertiary/aromatic N) is 2. The first-order valence-electron chi connectivity index (χ1n) is 11.3. The summed E-state index contributed by atoms with van der Waals surface area (Å²) in [6.45, 7) is 0.339. The van der Waals surface area contributed by atoms with E-state index in [0.717, 1.165) is 28.2 Å². The van der Waals surface area contributed by atoms with Gasteiger partial charge in [-0.3, -0.25) is 9.89 Å². The lowest BCUT2D eigenvalue weighted by molar-refractivity contribution is 0.0952. The summed E-state index contributed by atoms with van der Waals surface area (Å²) in [5.74, 6) is 1.23. The third-order valence-electron chi connectivity index (χ3n) is 5.87. The van der Waals surface area contributed by atoms with Gasteiger partial charge in [-0.05, 0) is 60.2 Å². The molecule has 0 fully saturated rings. The minimum absolute atomic E-state index is 0.239. The number of carbonyl (C=O) groups excluding carboxylic acids is 1. The molecule has 0 saturated carbocycles. The number of aromatic nitrogens is 3. The Morgan fingerprint density at radius 3 is 2.36 bits per heavy atom. The first kappa shape index (κ1) is 23.4. The van der Waals surface area contributed by atoms with Crippen molar-refractivity contribution in [1.82, 2.24) is 20.5 Å². The van der Waals surface area contributed by atoms with E-state index >= 15 is 0 Å². The van der Waals surface area contributed by atoms with E-state index in [-0.39, 0.29) is 5.91 Å². The number of aromatic amines is 1. The van der Waals surface area contributed by atoms with Crippen LogP contribution in [0.25, 0.3) is 33.5 Å². The number of carbonyl (C=O) groups is 1. The van der Waals surface area contributed by atoms with Crippen LogP contribution in [0.2, 0.25) is 5.02 Å². The van der Waals surface area contributed by atoms with Gasteiger partial charge in [0.1, 0.15) is 11.5 Å². The number of H-pyrrole nitrogens is 1. The van der Waals surface area contributed by atoms with Crippen molar-refractivity contribution in [3.8, 4) is 34.0 Å². The van der Waals surface area contributed by atoms with Crippen molar-refractivity contribution < 1.29 is 14.3 Å². The molecule has 8 heteroatoms. The minimum Gasteiger partial charge on any atom is -0.497 e. The molecular formula is C28H23ClN4O3. The second kappa shape index (κ2) is 10.1. The average Bonchev–Trinajstić information content (AvgIpc) is 3.36. The summed E-state index contributed by atoms with van der Waals surface area (Å²) < 4.78 is 10.6. The molecule has 0 atom stereocenters. The lowest BCUT2D eigenvalue weighted by Crippen LogP contribution is -2.23. The number of halogens is 1. The summed E-state index contributed by atoms with van der Waals surface area (Å²) in [4.78, 5) is 18.3. The summed E-state index contributed by atoms with van der Waals surface area (Å²) in [7, 11) is 3.23. The maximum atomic E-state index is 13.6. The number of nitrogens with one attached hydrogen (secondary N) is 2. The van der Waals surface area contributed by atoms with Gasteiger partial charge in [0.15, 0.2) is 5.65 Å². The van der Waals surface area contributed by atoms with E-state index in [2.05, 4.69) is 15.5 Å². The largest absolute Gasteiger partial charge is 0.497 e. The molecule has 0 saturated heterocycles. The number of hydrogen-bond donors (Lipinski definition) is 2. The zero-order chi connectivity index (χ0) is 25.1.